The third kappa shape index (κ3) is 4.60. The second-order valence-corrected chi connectivity index (χ2v) is 8.77. The number of nitrogens with zero attached hydrogens (tertiary/aromatic N) is 2. The highest BCUT2D eigenvalue weighted by Crippen LogP contribution is 2.40. The number of benzene rings is 1. The first kappa shape index (κ1) is 21.8. The van der Waals surface area contributed by atoms with Gasteiger partial charge in [0.2, 0.25) is 0 Å². The molecule has 3 aromatic rings. The third-order valence-electron chi connectivity index (χ3n) is 4.98. The van der Waals surface area contributed by atoms with E-state index >= 15 is 0 Å². The quantitative estimate of drug-likeness (QED) is 0.529. The van der Waals surface area contributed by atoms with Crippen LogP contribution in [0.5, 0.6) is 0 Å². The summed E-state index contributed by atoms with van der Waals surface area (Å²) in [5.74, 6) is -0.537. The predicted molar refractivity (Wildman–Crippen MR) is 123 cm³/mol. The van der Waals surface area contributed by atoms with Crippen LogP contribution in [0.4, 0.5) is 5.00 Å². The zero-order valence-corrected chi connectivity index (χ0v) is 19.0. The van der Waals surface area contributed by atoms with Gasteiger partial charge in [0, 0.05) is 24.2 Å². The van der Waals surface area contributed by atoms with Crippen molar-refractivity contribution in [2.24, 2.45) is 0 Å². The lowest BCUT2D eigenvalue weighted by atomic mass is 10.1. The van der Waals surface area contributed by atoms with Crippen LogP contribution in [-0.2, 0) is 4.74 Å². The SMILES string of the molecule is Cc1c(-c2ccccc2)sc(NC(=O)c2cnc(Cl)c(Cl)c2)c1C(=O)N1CCOCC1. The van der Waals surface area contributed by atoms with E-state index in [1.54, 1.807) is 4.90 Å². The number of morpholine rings is 1. The molecule has 0 unspecified atom stereocenters. The number of carbonyl (C=O) groups excluding carboxylic acids is 2. The number of amides is 2. The highest BCUT2D eigenvalue weighted by atomic mass is 35.5. The molecule has 6 nitrogen and oxygen atoms in total. The van der Waals surface area contributed by atoms with E-state index in [0.717, 1.165) is 16.0 Å². The van der Waals surface area contributed by atoms with Crippen LogP contribution in [0, 0.1) is 6.92 Å². The van der Waals surface area contributed by atoms with E-state index in [0.29, 0.717) is 36.9 Å². The molecule has 160 valence electrons. The summed E-state index contributed by atoms with van der Waals surface area (Å²) in [7, 11) is 0. The molecule has 3 heterocycles. The number of carbonyl (C=O) groups is 2. The summed E-state index contributed by atoms with van der Waals surface area (Å²) in [6.45, 7) is 3.93. The van der Waals surface area contributed by atoms with Crippen molar-refractivity contribution >= 4 is 51.4 Å². The first-order valence-corrected chi connectivity index (χ1v) is 11.2. The van der Waals surface area contributed by atoms with Crippen molar-refractivity contribution in [1.82, 2.24) is 9.88 Å². The van der Waals surface area contributed by atoms with Crippen LogP contribution >= 0.6 is 34.5 Å². The monoisotopic (exact) mass is 475 g/mol. The van der Waals surface area contributed by atoms with E-state index in [9.17, 15) is 9.59 Å². The Balaban J connectivity index is 1.73. The summed E-state index contributed by atoms with van der Waals surface area (Å²) in [6, 6.07) is 11.2. The van der Waals surface area contributed by atoms with Crippen LogP contribution in [0.25, 0.3) is 10.4 Å². The summed E-state index contributed by atoms with van der Waals surface area (Å²) in [5.41, 5.74) is 2.56. The minimum Gasteiger partial charge on any atom is -0.378 e. The maximum absolute atomic E-state index is 13.4. The lowest BCUT2D eigenvalue weighted by Gasteiger charge is -2.27. The van der Waals surface area contributed by atoms with E-state index in [4.69, 9.17) is 27.9 Å². The average molecular weight is 476 g/mol. The number of hydrogen-bond donors (Lipinski definition) is 1. The summed E-state index contributed by atoms with van der Waals surface area (Å²) in [6.07, 6.45) is 1.35. The van der Waals surface area contributed by atoms with Crippen LogP contribution in [0.1, 0.15) is 26.3 Å². The molecule has 0 saturated carbocycles. The van der Waals surface area contributed by atoms with Gasteiger partial charge in [-0.1, -0.05) is 53.5 Å². The fraction of sp³-hybridized carbons (Fsp3) is 0.227. The van der Waals surface area contributed by atoms with Gasteiger partial charge in [-0.15, -0.1) is 11.3 Å². The van der Waals surface area contributed by atoms with Crippen LogP contribution < -0.4 is 5.32 Å². The van der Waals surface area contributed by atoms with Crippen molar-refractivity contribution in [3.8, 4) is 10.4 Å². The number of rotatable bonds is 4. The van der Waals surface area contributed by atoms with Crippen LogP contribution in [0.2, 0.25) is 10.2 Å². The van der Waals surface area contributed by atoms with Gasteiger partial charge >= 0.3 is 0 Å². The summed E-state index contributed by atoms with van der Waals surface area (Å²) < 4.78 is 5.37. The van der Waals surface area contributed by atoms with Gasteiger partial charge in [0.05, 0.1) is 29.4 Å². The molecule has 0 spiro atoms. The second kappa shape index (κ2) is 9.36. The fourth-order valence-corrected chi connectivity index (χ4v) is 4.84. The minimum absolute atomic E-state index is 0.123. The zero-order valence-electron chi connectivity index (χ0n) is 16.7. The molecule has 0 radical (unpaired) electrons. The van der Waals surface area contributed by atoms with Crippen molar-refractivity contribution in [1.29, 1.82) is 0 Å². The Labute approximate surface area is 193 Å². The van der Waals surface area contributed by atoms with E-state index < -0.39 is 5.91 Å². The third-order valence-corrected chi connectivity index (χ3v) is 6.92. The Morgan fingerprint density at radius 2 is 1.87 bits per heavy atom. The Hall–Kier alpha value is -2.45. The molecule has 1 aromatic carbocycles. The number of halogens is 2. The van der Waals surface area contributed by atoms with E-state index in [1.807, 2.05) is 37.3 Å². The molecule has 9 heteroatoms. The molecule has 0 bridgehead atoms. The van der Waals surface area contributed by atoms with Crippen LogP contribution in [-0.4, -0.2) is 48.0 Å². The highest BCUT2D eigenvalue weighted by molar-refractivity contribution is 7.20. The van der Waals surface area contributed by atoms with Crippen LogP contribution in [0.3, 0.4) is 0 Å². The van der Waals surface area contributed by atoms with Gasteiger partial charge in [-0.3, -0.25) is 9.59 Å². The van der Waals surface area contributed by atoms with Gasteiger partial charge in [-0.05, 0) is 24.1 Å². The smallest absolute Gasteiger partial charge is 0.257 e. The molecule has 2 amide bonds. The summed E-state index contributed by atoms with van der Waals surface area (Å²) >= 11 is 13.2. The molecule has 31 heavy (non-hydrogen) atoms. The van der Waals surface area contributed by atoms with Crippen molar-refractivity contribution < 1.29 is 14.3 Å². The van der Waals surface area contributed by atoms with Crippen LogP contribution in [0.15, 0.2) is 42.6 Å². The standard InChI is InChI=1S/C22H19Cl2N3O3S/c1-13-17(22(29)27-7-9-30-10-8-27)21(31-18(13)14-5-3-2-4-6-14)26-20(28)15-11-16(23)19(24)25-12-15/h2-6,11-12H,7-10H2,1H3,(H,26,28). The van der Waals surface area contributed by atoms with Gasteiger partial charge in [-0.2, -0.15) is 0 Å². The summed E-state index contributed by atoms with van der Waals surface area (Å²) in [5, 5.41) is 3.68. The molecule has 1 fully saturated rings. The molecule has 1 N–H and O–H groups in total. The average Bonchev–Trinajstić information content (AvgIpc) is 3.11. The normalized spacial score (nSPS) is 13.8. The number of thiophene rings is 1. The zero-order chi connectivity index (χ0) is 22.0. The predicted octanol–water partition coefficient (Wildman–Crippen LogP) is 5.15. The van der Waals surface area contributed by atoms with Gasteiger partial charge in [0.1, 0.15) is 10.2 Å². The Bertz CT molecular complexity index is 1130. The summed E-state index contributed by atoms with van der Waals surface area (Å²) in [4.78, 5) is 32.9. The first-order valence-electron chi connectivity index (χ1n) is 9.64. The van der Waals surface area contributed by atoms with E-state index in [2.05, 4.69) is 10.3 Å². The molecule has 1 saturated heterocycles. The lowest BCUT2D eigenvalue weighted by molar-refractivity contribution is 0.0303. The van der Waals surface area contributed by atoms with Crippen molar-refractivity contribution in [3.05, 3.63) is 69.5 Å². The highest BCUT2D eigenvalue weighted by Gasteiger charge is 2.28. The lowest BCUT2D eigenvalue weighted by Crippen LogP contribution is -2.41. The molecule has 4 rings (SSSR count). The van der Waals surface area contributed by atoms with Crippen molar-refractivity contribution in [3.63, 3.8) is 0 Å². The maximum atomic E-state index is 13.4. The van der Waals surface area contributed by atoms with Crippen molar-refractivity contribution in [2.75, 3.05) is 31.6 Å². The Kier molecular flexibility index (Phi) is 6.57. The molecule has 0 atom stereocenters. The van der Waals surface area contributed by atoms with Gasteiger partial charge in [-0.25, -0.2) is 4.98 Å². The Morgan fingerprint density at radius 3 is 2.55 bits per heavy atom. The number of ether oxygens (including phenoxy) is 1. The van der Waals surface area contributed by atoms with Crippen molar-refractivity contribution in [2.45, 2.75) is 6.92 Å². The molecular formula is C22H19Cl2N3O3S. The minimum atomic E-state index is -0.414. The number of aromatic nitrogens is 1. The molecule has 2 aromatic heterocycles. The fourth-order valence-electron chi connectivity index (χ4n) is 3.37. The van der Waals surface area contributed by atoms with E-state index in [-0.39, 0.29) is 21.6 Å². The topological polar surface area (TPSA) is 71.5 Å². The Morgan fingerprint density at radius 1 is 1.16 bits per heavy atom. The van der Waals surface area contributed by atoms with Gasteiger partial charge in [0.25, 0.3) is 11.8 Å². The van der Waals surface area contributed by atoms with Gasteiger partial charge in [0.15, 0.2) is 0 Å². The molecular weight excluding hydrogens is 457 g/mol. The van der Waals surface area contributed by atoms with Gasteiger partial charge < -0.3 is 15.0 Å². The number of hydrogen-bond acceptors (Lipinski definition) is 5. The molecule has 1 aliphatic heterocycles. The molecule has 1 aliphatic rings. The number of pyridine rings is 1. The number of anilines is 1. The second-order valence-electron chi connectivity index (χ2n) is 6.98. The largest absolute Gasteiger partial charge is 0.378 e. The molecule has 0 aliphatic carbocycles. The van der Waals surface area contributed by atoms with E-state index in [1.165, 1.54) is 23.6 Å². The number of nitrogens with one attached hydrogen (secondary N) is 1. The first-order chi connectivity index (χ1) is 15.0. The maximum Gasteiger partial charge on any atom is 0.257 e.